The lowest BCUT2D eigenvalue weighted by atomic mass is 9.97. The topological polar surface area (TPSA) is 67.1 Å². The van der Waals surface area contributed by atoms with E-state index >= 15 is 0 Å². The quantitative estimate of drug-likeness (QED) is 0.289. The van der Waals surface area contributed by atoms with Crippen LogP contribution in [-0.2, 0) is 13.0 Å². The molecule has 0 aliphatic heterocycles. The zero-order valence-electron chi connectivity index (χ0n) is 15.6. The molecule has 2 N–H and O–H groups in total. The Kier molecular flexibility index (Phi) is 9.47. The SMILES string of the molecule is CCc1nncn1CCNC(=NCCSC)NCCC1=CCCCC1. The molecule has 1 aromatic rings. The minimum atomic E-state index is 0.818. The number of aromatic nitrogens is 3. The van der Waals surface area contributed by atoms with Crippen molar-refractivity contribution in [3.8, 4) is 0 Å². The van der Waals surface area contributed by atoms with E-state index in [2.05, 4.69) is 49.6 Å². The fourth-order valence-corrected chi connectivity index (χ4v) is 3.20. The Labute approximate surface area is 156 Å². The van der Waals surface area contributed by atoms with Crippen molar-refractivity contribution in [3.63, 3.8) is 0 Å². The van der Waals surface area contributed by atoms with Gasteiger partial charge in [-0.3, -0.25) is 4.99 Å². The standard InChI is InChI=1S/C18H32N6S/c1-3-17-23-22-15-24(17)13-11-20-18(21-12-14-25-2)19-10-9-16-7-5-4-6-8-16/h7,15H,3-6,8-14H2,1-2H3,(H2,19,20,21). The third-order valence-electron chi connectivity index (χ3n) is 4.35. The van der Waals surface area contributed by atoms with E-state index in [0.29, 0.717) is 0 Å². The Bertz CT molecular complexity index is 552. The summed E-state index contributed by atoms with van der Waals surface area (Å²) in [6, 6.07) is 0. The molecule has 1 aromatic heterocycles. The third kappa shape index (κ3) is 7.50. The molecule has 6 nitrogen and oxygen atoms in total. The molecular weight excluding hydrogens is 332 g/mol. The van der Waals surface area contributed by atoms with Crippen molar-refractivity contribution in [2.24, 2.45) is 4.99 Å². The summed E-state index contributed by atoms with van der Waals surface area (Å²) in [6.45, 7) is 5.56. The molecule has 0 radical (unpaired) electrons. The minimum absolute atomic E-state index is 0.818. The van der Waals surface area contributed by atoms with E-state index in [-0.39, 0.29) is 0 Å². The van der Waals surface area contributed by atoms with Crippen molar-refractivity contribution >= 4 is 17.7 Å². The lowest BCUT2D eigenvalue weighted by Crippen LogP contribution is -2.39. The van der Waals surface area contributed by atoms with Gasteiger partial charge in [-0.05, 0) is 38.4 Å². The molecule has 1 aliphatic carbocycles. The Morgan fingerprint density at radius 1 is 1.32 bits per heavy atom. The summed E-state index contributed by atoms with van der Waals surface area (Å²) in [5.41, 5.74) is 1.60. The number of rotatable bonds is 10. The molecule has 140 valence electrons. The fraction of sp³-hybridized carbons (Fsp3) is 0.722. The highest BCUT2D eigenvalue weighted by molar-refractivity contribution is 7.98. The number of nitrogens with one attached hydrogen (secondary N) is 2. The summed E-state index contributed by atoms with van der Waals surface area (Å²) >= 11 is 1.82. The van der Waals surface area contributed by atoms with Gasteiger partial charge in [0.1, 0.15) is 12.2 Å². The molecular formula is C18H32N6S. The van der Waals surface area contributed by atoms with Crippen LogP contribution in [0.25, 0.3) is 0 Å². The summed E-state index contributed by atoms with van der Waals surface area (Å²) < 4.78 is 2.10. The second-order valence-electron chi connectivity index (χ2n) is 6.23. The van der Waals surface area contributed by atoms with Gasteiger partial charge >= 0.3 is 0 Å². The Hall–Kier alpha value is -1.50. The highest BCUT2D eigenvalue weighted by Crippen LogP contribution is 2.19. The maximum absolute atomic E-state index is 4.67. The normalized spacial score (nSPS) is 15.1. The first-order chi connectivity index (χ1) is 12.3. The molecule has 2 rings (SSSR count). The van der Waals surface area contributed by atoms with Gasteiger partial charge in [0.25, 0.3) is 0 Å². The van der Waals surface area contributed by atoms with E-state index in [1.807, 2.05) is 11.8 Å². The van der Waals surface area contributed by atoms with Crippen LogP contribution in [0.5, 0.6) is 0 Å². The molecule has 0 aromatic carbocycles. The van der Waals surface area contributed by atoms with Crippen molar-refractivity contribution in [3.05, 3.63) is 23.8 Å². The summed E-state index contributed by atoms with van der Waals surface area (Å²) in [5.74, 6) is 2.99. The number of allylic oxidation sites excluding steroid dienone is 1. The number of nitrogens with zero attached hydrogens (tertiary/aromatic N) is 4. The fourth-order valence-electron chi connectivity index (χ4n) is 2.93. The monoisotopic (exact) mass is 364 g/mol. The van der Waals surface area contributed by atoms with Gasteiger partial charge in [-0.25, -0.2) is 0 Å². The van der Waals surface area contributed by atoms with Crippen LogP contribution in [0.4, 0.5) is 0 Å². The first-order valence-electron chi connectivity index (χ1n) is 9.39. The maximum Gasteiger partial charge on any atom is 0.191 e. The molecule has 1 heterocycles. The van der Waals surface area contributed by atoms with Crippen LogP contribution in [0, 0.1) is 0 Å². The minimum Gasteiger partial charge on any atom is -0.356 e. The van der Waals surface area contributed by atoms with Crippen molar-refractivity contribution in [1.29, 1.82) is 0 Å². The van der Waals surface area contributed by atoms with Crippen LogP contribution in [0.2, 0.25) is 0 Å². The number of aryl methyl sites for hydroxylation is 1. The summed E-state index contributed by atoms with van der Waals surface area (Å²) in [5, 5.41) is 15.0. The lowest BCUT2D eigenvalue weighted by molar-refractivity contribution is 0.628. The van der Waals surface area contributed by atoms with Crippen LogP contribution >= 0.6 is 11.8 Å². The zero-order valence-corrected chi connectivity index (χ0v) is 16.4. The molecule has 0 fully saturated rings. The predicted octanol–water partition coefficient (Wildman–Crippen LogP) is 2.63. The van der Waals surface area contributed by atoms with Gasteiger partial charge in [0, 0.05) is 31.8 Å². The number of hydrogen-bond donors (Lipinski definition) is 2. The average molecular weight is 365 g/mol. The van der Waals surface area contributed by atoms with E-state index in [0.717, 1.165) is 56.6 Å². The van der Waals surface area contributed by atoms with E-state index < -0.39 is 0 Å². The molecule has 0 atom stereocenters. The van der Waals surface area contributed by atoms with E-state index in [1.165, 1.54) is 25.7 Å². The van der Waals surface area contributed by atoms with Crippen LogP contribution < -0.4 is 10.6 Å². The second kappa shape index (κ2) is 12.0. The number of thioether (sulfide) groups is 1. The average Bonchev–Trinajstić information content (AvgIpc) is 3.10. The first-order valence-corrected chi connectivity index (χ1v) is 10.8. The van der Waals surface area contributed by atoms with Gasteiger partial charge in [-0.15, -0.1) is 10.2 Å². The Balaban J connectivity index is 1.76. The summed E-state index contributed by atoms with van der Waals surface area (Å²) in [6.07, 6.45) is 13.6. The summed E-state index contributed by atoms with van der Waals surface area (Å²) in [7, 11) is 0. The highest BCUT2D eigenvalue weighted by atomic mass is 32.2. The van der Waals surface area contributed by atoms with Gasteiger partial charge in [0.05, 0.1) is 6.54 Å². The van der Waals surface area contributed by atoms with E-state index in [4.69, 9.17) is 0 Å². The van der Waals surface area contributed by atoms with Crippen molar-refractivity contribution in [1.82, 2.24) is 25.4 Å². The zero-order chi connectivity index (χ0) is 17.7. The summed E-state index contributed by atoms with van der Waals surface area (Å²) in [4.78, 5) is 4.67. The van der Waals surface area contributed by atoms with Crippen LogP contribution in [0.3, 0.4) is 0 Å². The van der Waals surface area contributed by atoms with Gasteiger partial charge in [0.15, 0.2) is 5.96 Å². The maximum atomic E-state index is 4.67. The van der Waals surface area contributed by atoms with Gasteiger partial charge < -0.3 is 15.2 Å². The largest absolute Gasteiger partial charge is 0.356 e. The molecule has 25 heavy (non-hydrogen) atoms. The Morgan fingerprint density at radius 2 is 2.20 bits per heavy atom. The smallest absolute Gasteiger partial charge is 0.191 e. The highest BCUT2D eigenvalue weighted by Gasteiger charge is 2.05. The number of hydrogen-bond acceptors (Lipinski definition) is 4. The number of aliphatic imine (C=N–C) groups is 1. The number of guanidine groups is 1. The van der Waals surface area contributed by atoms with Gasteiger partial charge in [0.2, 0.25) is 0 Å². The van der Waals surface area contributed by atoms with E-state index in [9.17, 15) is 0 Å². The van der Waals surface area contributed by atoms with Crippen molar-refractivity contribution in [2.75, 3.05) is 31.6 Å². The molecule has 0 saturated heterocycles. The third-order valence-corrected chi connectivity index (χ3v) is 4.94. The van der Waals surface area contributed by atoms with Crippen LogP contribution in [0.15, 0.2) is 23.0 Å². The van der Waals surface area contributed by atoms with E-state index in [1.54, 1.807) is 11.9 Å². The molecule has 0 amide bonds. The Morgan fingerprint density at radius 3 is 2.96 bits per heavy atom. The molecule has 0 unspecified atom stereocenters. The van der Waals surface area contributed by atoms with Crippen molar-refractivity contribution in [2.45, 2.75) is 52.0 Å². The van der Waals surface area contributed by atoms with Crippen LogP contribution in [0.1, 0.15) is 44.9 Å². The lowest BCUT2D eigenvalue weighted by Gasteiger charge is -2.16. The first kappa shape index (κ1) is 19.8. The van der Waals surface area contributed by atoms with Gasteiger partial charge in [-0.1, -0.05) is 18.6 Å². The van der Waals surface area contributed by atoms with Gasteiger partial charge in [-0.2, -0.15) is 11.8 Å². The predicted molar refractivity (Wildman–Crippen MR) is 107 cm³/mol. The molecule has 0 spiro atoms. The van der Waals surface area contributed by atoms with Crippen LogP contribution in [-0.4, -0.2) is 52.4 Å². The molecule has 0 bridgehead atoms. The second-order valence-corrected chi connectivity index (χ2v) is 7.21. The molecule has 1 aliphatic rings. The molecule has 0 saturated carbocycles. The molecule has 7 heteroatoms. The van der Waals surface area contributed by atoms with Crippen molar-refractivity contribution < 1.29 is 0 Å².